The first-order valence-electron chi connectivity index (χ1n) is 8.16. The van der Waals surface area contributed by atoms with E-state index in [1.54, 1.807) is 6.07 Å². The van der Waals surface area contributed by atoms with E-state index in [0.717, 1.165) is 17.7 Å². The molecular formula is C17H21NO5S. The van der Waals surface area contributed by atoms with Gasteiger partial charge in [-0.15, -0.1) is 0 Å². The molecule has 7 heteroatoms. The van der Waals surface area contributed by atoms with Crippen molar-refractivity contribution in [1.82, 2.24) is 0 Å². The van der Waals surface area contributed by atoms with Gasteiger partial charge in [-0.3, -0.25) is 9.69 Å². The molecule has 1 aromatic carbocycles. The maximum Gasteiger partial charge on any atom is 0.329 e. The van der Waals surface area contributed by atoms with Gasteiger partial charge in [-0.2, -0.15) is 0 Å². The van der Waals surface area contributed by atoms with Crippen LogP contribution in [0.4, 0.5) is 5.69 Å². The molecule has 0 N–H and O–H groups in total. The van der Waals surface area contributed by atoms with Crippen LogP contribution in [0.1, 0.15) is 31.7 Å². The predicted octanol–water partition coefficient (Wildman–Crippen LogP) is 1.47. The minimum atomic E-state index is -3.18. The summed E-state index contributed by atoms with van der Waals surface area (Å²) in [5.41, 5.74) is 1.64. The molecule has 2 aliphatic heterocycles. The second-order valence-corrected chi connectivity index (χ2v) is 8.75. The van der Waals surface area contributed by atoms with E-state index >= 15 is 0 Å². The quantitative estimate of drug-likeness (QED) is 0.771. The van der Waals surface area contributed by atoms with E-state index in [2.05, 4.69) is 0 Å². The van der Waals surface area contributed by atoms with Gasteiger partial charge >= 0.3 is 5.97 Å². The van der Waals surface area contributed by atoms with E-state index in [4.69, 9.17) is 4.74 Å². The number of rotatable bonds is 3. The zero-order chi connectivity index (χ0) is 17.3. The molecular weight excluding hydrogens is 330 g/mol. The number of sulfone groups is 1. The highest BCUT2D eigenvalue weighted by atomic mass is 32.2. The highest BCUT2D eigenvalue weighted by Crippen LogP contribution is 2.32. The van der Waals surface area contributed by atoms with Crippen LogP contribution in [0.25, 0.3) is 0 Å². The highest BCUT2D eigenvalue weighted by molar-refractivity contribution is 7.92. The number of carbonyl (C=O) groups excluding carboxylic acids is 2. The topological polar surface area (TPSA) is 80.8 Å². The summed E-state index contributed by atoms with van der Waals surface area (Å²) < 4.78 is 29.3. The van der Waals surface area contributed by atoms with Crippen molar-refractivity contribution in [3.8, 4) is 0 Å². The molecule has 1 amide bonds. The Balaban J connectivity index is 1.70. The fraction of sp³-hybridized carbons (Fsp3) is 0.529. The number of fused-ring (bicyclic) bond motifs is 1. The molecule has 2 aliphatic rings. The number of ether oxygens (including phenoxy) is 1. The fourth-order valence-electron chi connectivity index (χ4n) is 3.44. The molecule has 1 fully saturated rings. The lowest BCUT2D eigenvalue weighted by molar-refractivity contribution is -0.146. The molecule has 2 atom stereocenters. The second kappa shape index (κ2) is 6.55. The molecule has 6 nitrogen and oxygen atoms in total. The van der Waals surface area contributed by atoms with Crippen LogP contribution in [0.15, 0.2) is 24.3 Å². The first kappa shape index (κ1) is 17.0. The zero-order valence-electron chi connectivity index (χ0n) is 13.6. The van der Waals surface area contributed by atoms with Crippen molar-refractivity contribution >= 4 is 27.4 Å². The molecule has 1 saturated heterocycles. The van der Waals surface area contributed by atoms with Gasteiger partial charge in [0.1, 0.15) is 12.6 Å². The Morgan fingerprint density at radius 2 is 2.00 bits per heavy atom. The number of anilines is 1. The first-order valence-corrected chi connectivity index (χ1v) is 9.87. The number of hydrogen-bond donors (Lipinski definition) is 0. The molecule has 1 unspecified atom stereocenters. The number of amides is 1. The van der Waals surface area contributed by atoms with Crippen molar-refractivity contribution in [2.24, 2.45) is 0 Å². The summed E-state index contributed by atoms with van der Waals surface area (Å²) >= 11 is 0. The number of para-hydroxylation sites is 1. The van der Waals surface area contributed by atoms with Crippen molar-refractivity contribution in [2.45, 2.75) is 43.9 Å². The van der Waals surface area contributed by atoms with Gasteiger partial charge in [0, 0.05) is 19.0 Å². The lowest BCUT2D eigenvalue weighted by Gasteiger charge is -2.25. The Labute approximate surface area is 141 Å². The van der Waals surface area contributed by atoms with Crippen LogP contribution in [0.3, 0.4) is 0 Å². The smallest absolute Gasteiger partial charge is 0.329 e. The fourth-order valence-corrected chi connectivity index (χ4v) is 5.18. The average Bonchev–Trinajstić information content (AvgIpc) is 2.93. The Hall–Kier alpha value is -1.89. The molecule has 2 heterocycles. The van der Waals surface area contributed by atoms with Crippen molar-refractivity contribution in [3.05, 3.63) is 29.8 Å². The minimum Gasteiger partial charge on any atom is -0.463 e. The average molecular weight is 351 g/mol. The van der Waals surface area contributed by atoms with Gasteiger partial charge in [0.15, 0.2) is 9.84 Å². The molecule has 24 heavy (non-hydrogen) atoms. The highest BCUT2D eigenvalue weighted by Gasteiger charge is 2.39. The maximum atomic E-state index is 12.5. The molecule has 0 aliphatic carbocycles. The Morgan fingerprint density at radius 3 is 2.71 bits per heavy atom. The number of esters is 1. The molecule has 0 saturated carbocycles. The van der Waals surface area contributed by atoms with Gasteiger partial charge in [-0.25, -0.2) is 13.2 Å². The molecule has 3 rings (SSSR count). The second-order valence-electron chi connectivity index (χ2n) is 6.35. The van der Waals surface area contributed by atoms with E-state index < -0.39 is 27.1 Å². The molecule has 0 spiro atoms. The van der Waals surface area contributed by atoms with Crippen LogP contribution < -0.4 is 4.90 Å². The largest absolute Gasteiger partial charge is 0.463 e. The van der Waals surface area contributed by atoms with Gasteiger partial charge < -0.3 is 4.74 Å². The van der Waals surface area contributed by atoms with Crippen LogP contribution in [-0.4, -0.2) is 43.9 Å². The van der Waals surface area contributed by atoms with Gasteiger partial charge in [0.05, 0.1) is 11.0 Å². The van der Waals surface area contributed by atoms with Crippen molar-refractivity contribution in [3.63, 3.8) is 0 Å². The van der Waals surface area contributed by atoms with E-state index in [1.165, 1.54) is 11.8 Å². The number of carbonyl (C=O) groups is 2. The Kier molecular flexibility index (Phi) is 4.62. The summed E-state index contributed by atoms with van der Waals surface area (Å²) in [6, 6.07) is 6.64. The maximum absolute atomic E-state index is 12.5. The van der Waals surface area contributed by atoms with E-state index in [1.807, 2.05) is 18.2 Å². The molecule has 130 valence electrons. The first-order chi connectivity index (χ1) is 11.4. The zero-order valence-corrected chi connectivity index (χ0v) is 14.4. The van der Waals surface area contributed by atoms with Crippen molar-refractivity contribution in [2.75, 3.05) is 17.3 Å². The molecule has 1 aromatic rings. The summed E-state index contributed by atoms with van der Waals surface area (Å²) in [6.07, 6.45) is 2.42. The minimum absolute atomic E-state index is 0.125. The van der Waals surface area contributed by atoms with Crippen LogP contribution in [-0.2, 0) is 30.6 Å². The van der Waals surface area contributed by atoms with Gasteiger partial charge in [-0.1, -0.05) is 24.6 Å². The van der Waals surface area contributed by atoms with Crippen LogP contribution >= 0.6 is 0 Å². The predicted molar refractivity (Wildman–Crippen MR) is 89.5 cm³/mol. The molecule has 0 radical (unpaired) electrons. The van der Waals surface area contributed by atoms with E-state index in [9.17, 15) is 18.0 Å². The van der Waals surface area contributed by atoms with E-state index in [0.29, 0.717) is 19.3 Å². The Bertz CT molecular complexity index is 758. The Morgan fingerprint density at radius 1 is 1.25 bits per heavy atom. The number of nitrogens with zero attached hydrogens (tertiary/aromatic N) is 1. The van der Waals surface area contributed by atoms with Crippen LogP contribution in [0.2, 0.25) is 0 Å². The van der Waals surface area contributed by atoms with Gasteiger partial charge in [0.2, 0.25) is 5.91 Å². The van der Waals surface area contributed by atoms with Crippen molar-refractivity contribution in [1.29, 1.82) is 0 Å². The molecule has 0 aromatic heterocycles. The number of benzene rings is 1. The van der Waals surface area contributed by atoms with Crippen LogP contribution in [0.5, 0.6) is 0 Å². The summed E-state index contributed by atoms with van der Waals surface area (Å²) in [4.78, 5) is 25.9. The number of hydrogen-bond acceptors (Lipinski definition) is 5. The van der Waals surface area contributed by atoms with Gasteiger partial charge in [-0.05, 0) is 24.5 Å². The third-order valence-corrected chi connectivity index (χ3v) is 6.96. The SMILES string of the molecule is CC(=O)N1c2ccccc2C[C@H]1C(=O)OCC1CCCCS1(=O)=O. The molecule has 0 bridgehead atoms. The third-order valence-electron chi connectivity index (χ3n) is 4.71. The van der Waals surface area contributed by atoms with Crippen molar-refractivity contribution < 1.29 is 22.7 Å². The van der Waals surface area contributed by atoms with Crippen LogP contribution in [0, 0.1) is 0 Å². The standard InChI is InChI=1S/C17H21NO5S/c1-12(19)18-15-8-3-2-6-13(15)10-16(18)17(20)23-11-14-7-4-5-9-24(14,21)22/h2-3,6,8,14,16H,4-5,7,9-11H2,1H3/t14?,16-/m0/s1. The monoisotopic (exact) mass is 351 g/mol. The summed E-state index contributed by atoms with van der Waals surface area (Å²) in [6.45, 7) is 1.29. The van der Waals surface area contributed by atoms with E-state index in [-0.39, 0.29) is 18.3 Å². The normalized spacial score (nSPS) is 25.1. The van der Waals surface area contributed by atoms with Gasteiger partial charge in [0.25, 0.3) is 0 Å². The third kappa shape index (κ3) is 3.17. The summed E-state index contributed by atoms with van der Waals surface area (Å²) in [7, 11) is -3.18. The lowest BCUT2D eigenvalue weighted by atomic mass is 10.1. The summed E-state index contributed by atoms with van der Waals surface area (Å²) in [5, 5.41) is -0.621. The lowest BCUT2D eigenvalue weighted by Crippen LogP contribution is -2.44. The summed E-state index contributed by atoms with van der Waals surface area (Å²) in [5.74, 6) is -0.613.